The first-order chi connectivity index (χ1) is 11.2. The van der Waals surface area contributed by atoms with Crippen molar-refractivity contribution in [3.8, 4) is 0 Å². The van der Waals surface area contributed by atoms with E-state index in [1.807, 2.05) is 24.3 Å². The number of carbonyl (C=O) groups excluding carboxylic acids is 2. The number of H-pyrrole nitrogens is 1. The van der Waals surface area contributed by atoms with E-state index in [2.05, 4.69) is 20.5 Å². The van der Waals surface area contributed by atoms with Crippen molar-refractivity contribution in [2.75, 3.05) is 5.32 Å². The van der Waals surface area contributed by atoms with Crippen LogP contribution < -0.4 is 5.32 Å². The number of Topliss-reactive ketones (excluding diaryl/α,β-unsaturated/α-hetero) is 1. The van der Waals surface area contributed by atoms with E-state index in [1.165, 1.54) is 24.2 Å². The number of ketones is 1. The Hall–Kier alpha value is -2.54. The van der Waals surface area contributed by atoms with Crippen LogP contribution in [0, 0.1) is 5.92 Å². The van der Waals surface area contributed by atoms with E-state index in [0.29, 0.717) is 16.6 Å². The number of amides is 1. The van der Waals surface area contributed by atoms with Crippen LogP contribution in [0.3, 0.4) is 0 Å². The standard InChI is InChI=1S/C16H14N4O2S/c21-14(11-8-17-12-4-2-1-3-10(11)12)15(22)18-16-20-19-13(23-16)7-9-5-6-9/h1-4,8-9,17H,5-7H2,(H,18,20,22). The summed E-state index contributed by atoms with van der Waals surface area (Å²) >= 11 is 1.33. The van der Waals surface area contributed by atoms with E-state index >= 15 is 0 Å². The minimum Gasteiger partial charge on any atom is -0.360 e. The van der Waals surface area contributed by atoms with Crippen LogP contribution in [-0.4, -0.2) is 26.9 Å². The van der Waals surface area contributed by atoms with Gasteiger partial charge in [0.25, 0.3) is 11.7 Å². The number of carbonyl (C=O) groups is 2. The molecule has 116 valence electrons. The van der Waals surface area contributed by atoms with Crippen molar-refractivity contribution in [2.45, 2.75) is 19.3 Å². The Balaban J connectivity index is 1.49. The van der Waals surface area contributed by atoms with Crippen molar-refractivity contribution in [3.63, 3.8) is 0 Å². The van der Waals surface area contributed by atoms with Gasteiger partial charge >= 0.3 is 0 Å². The van der Waals surface area contributed by atoms with Crippen LogP contribution in [0.15, 0.2) is 30.5 Å². The predicted octanol–water partition coefficient (Wildman–Crippen LogP) is 2.79. The largest absolute Gasteiger partial charge is 0.360 e. The molecule has 0 aliphatic heterocycles. The third-order valence-corrected chi connectivity index (χ3v) is 4.75. The molecular formula is C16H14N4O2S. The summed E-state index contributed by atoms with van der Waals surface area (Å²) in [4.78, 5) is 27.5. The number of rotatable bonds is 5. The quantitative estimate of drug-likeness (QED) is 0.557. The molecule has 1 aliphatic carbocycles. The average molecular weight is 326 g/mol. The van der Waals surface area contributed by atoms with Gasteiger partial charge < -0.3 is 4.98 Å². The maximum absolute atomic E-state index is 12.3. The Morgan fingerprint density at radius 1 is 1.26 bits per heavy atom. The fourth-order valence-electron chi connectivity index (χ4n) is 2.49. The minimum atomic E-state index is -0.691. The molecule has 0 bridgehead atoms. The number of aromatic nitrogens is 3. The normalized spacial score (nSPS) is 14.1. The molecule has 2 N–H and O–H groups in total. The first-order valence-corrected chi connectivity index (χ1v) is 8.26. The van der Waals surface area contributed by atoms with Gasteiger partial charge in [-0.2, -0.15) is 0 Å². The molecule has 1 amide bonds. The fraction of sp³-hybridized carbons (Fsp3) is 0.250. The first kappa shape index (κ1) is 14.1. The number of benzene rings is 1. The zero-order valence-electron chi connectivity index (χ0n) is 12.2. The number of anilines is 1. The maximum Gasteiger partial charge on any atom is 0.298 e. The number of aromatic amines is 1. The van der Waals surface area contributed by atoms with Crippen LogP contribution in [0.1, 0.15) is 28.2 Å². The molecule has 2 aromatic heterocycles. The zero-order chi connectivity index (χ0) is 15.8. The van der Waals surface area contributed by atoms with Crippen LogP contribution in [0.4, 0.5) is 5.13 Å². The van der Waals surface area contributed by atoms with Crippen molar-refractivity contribution in [2.24, 2.45) is 5.92 Å². The molecule has 1 aliphatic rings. The summed E-state index contributed by atoms with van der Waals surface area (Å²) in [5.74, 6) is -0.565. The Kier molecular flexibility index (Phi) is 3.42. The monoisotopic (exact) mass is 326 g/mol. The second-order valence-corrected chi connectivity index (χ2v) is 6.74. The molecule has 0 unspecified atom stereocenters. The summed E-state index contributed by atoms with van der Waals surface area (Å²) in [5.41, 5.74) is 1.19. The highest BCUT2D eigenvalue weighted by molar-refractivity contribution is 7.15. The Bertz CT molecular complexity index is 894. The smallest absolute Gasteiger partial charge is 0.298 e. The molecule has 4 rings (SSSR count). The number of nitrogens with zero attached hydrogens (tertiary/aromatic N) is 2. The van der Waals surface area contributed by atoms with Gasteiger partial charge in [-0.3, -0.25) is 14.9 Å². The number of fused-ring (bicyclic) bond motifs is 1. The van der Waals surface area contributed by atoms with Crippen LogP contribution >= 0.6 is 11.3 Å². The number of nitrogens with one attached hydrogen (secondary N) is 2. The lowest BCUT2D eigenvalue weighted by Gasteiger charge is -1.99. The van der Waals surface area contributed by atoms with Crippen LogP contribution in [0.25, 0.3) is 10.9 Å². The molecule has 0 radical (unpaired) electrons. The third kappa shape index (κ3) is 2.87. The van der Waals surface area contributed by atoms with Gasteiger partial charge in [-0.15, -0.1) is 10.2 Å². The third-order valence-electron chi connectivity index (χ3n) is 3.89. The highest BCUT2D eigenvalue weighted by Crippen LogP contribution is 2.33. The number of para-hydroxylation sites is 1. The van der Waals surface area contributed by atoms with Crippen molar-refractivity contribution in [3.05, 3.63) is 41.0 Å². The van der Waals surface area contributed by atoms with E-state index in [4.69, 9.17) is 0 Å². The lowest BCUT2D eigenvalue weighted by Crippen LogP contribution is -2.22. The van der Waals surface area contributed by atoms with Crippen molar-refractivity contribution >= 4 is 39.1 Å². The molecule has 0 saturated heterocycles. The zero-order valence-corrected chi connectivity index (χ0v) is 13.0. The summed E-state index contributed by atoms with van der Waals surface area (Å²) in [6.07, 6.45) is 4.94. The Morgan fingerprint density at radius 2 is 2.09 bits per heavy atom. The van der Waals surface area contributed by atoms with Crippen LogP contribution in [0.5, 0.6) is 0 Å². The maximum atomic E-state index is 12.3. The van der Waals surface area contributed by atoms with Gasteiger partial charge in [-0.1, -0.05) is 29.5 Å². The van der Waals surface area contributed by atoms with Gasteiger partial charge in [0.05, 0.1) is 5.56 Å². The molecule has 1 aromatic carbocycles. The molecule has 0 spiro atoms. The van der Waals surface area contributed by atoms with E-state index in [1.54, 1.807) is 6.20 Å². The summed E-state index contributed by atoms with van der Waals surface area (Å²) < 4.78 is 0. The molecule has 6 nitrogen and oxygen atoms in total. The van der Waals surface area contributed by atoms with Gasteiger partial charge in [0.1, 0.15) is 5.01 Å². The minimum absolute atomic E-state index is 0.362. The summed E-state index contributed by atoms with van der Waals surface area (Å²) in [5, 5.41) is 12.6. The Morgan fingerprint density at radius 3 is 2.91 bits per heavy atom. The second-order valence-electron chi connectivity index (χ2n) is 5.68. The first-order valence-electron chi connectivity index (χ1n) is 7.45. The van der Waals surface area contributed by atoms with E-state index in [0.717, 1.165) is 22.3 Å². The van der Waals surface area contributed by atoms with E-state index in [-0.39, 0.29) is 0 Å². The molecule has 7 heteroatoms. The van der Waals surface area contributed by atoms with Gasteiger partial charge in [-0.25, -0.2) is 0 Å². The number of hydrogen-bond donors (Lipinski definition) is 2. The van der Waals surface area contributed by atoms with Gasteiger partial charge in [0, 0.05) is 23.5 Å². The van der Waals surface area contributed by atoms with Crippen molar-refractivity contribution in [1.29, 1.82) is 0 Å². The lowest BCUT2D eigenvalue weighted by atomic mass is 10.1. The lowest BCUT2D eigenvalue weighted by molar-refractivity contribution is -0.112. The SMILES string of the molecule is O=C(Nc1nnc(CC2CC2)s1)C(=O)c1c[nH]c2ccccc12. The summed E-state index contributed by atoms with van der Waals surface area (Å²) in [7, 11) is 0. The van der Waals surface area contributed by atoms with E-state index < -0.39 is 11.7 Å². The molecule has 2 heterocycles. The summed E-state index contributed by atoms with van der Waals surface area (Å²) in [6.45, 7) is 0. The molecular weight excluding hydrogens is 312 g/mol. The Labute approximate surface area is 135 Å². The second kappa shape index (κ2) is 5.58. The molecule has 0 atom stereocenters. The fourth-order valence-corrected chi connectivity index (χ4v) is 3.34. The van der Waals surface area contributed by atoms with Crippen LogP contribution in [0.2, 0.25) is 0 Å². The summed E-state index contributed by atoms with van der Waals surface area (Å²) in [6, 6.07) is 7.37. The van der Waals surface area contributed by atoms with Gasteiger partial charge in [-0.05, 0) is 24.8 Å². The van der Waals surface area contributed by atoms with Gasteiger partial charge in [0.2, 0.25) is 5.13 Å². The predicted molar refractivity (Wildman–Crippen MR) is 87.6 cm³/mol. The van der Waals surface area contributed by atoms with E-state index in [9.17, 15) is 9.59 Å². The topological polar surface area (TPSA) is 87.7 Å². The molecule has 1 saturated carbocycles. The van der Waals surface area contributed by atoms with Gasteiger partial charge in [0.15, 0.2) is 0 Å². The average Bonchev–Trinajstić information content (AvgIpc) is 3.09. The molecule has 1 fully saturated rings. The highest BCUT2D eigenvalue weighted by Gasteiger charge is 2.24. The van der Waals surface area contributed by atoms with Crippen LogP contribution in [-0.2, 0) is 11.2 Å². The van der Waals surface area contributed by atoms with Crippen molar-refractivity contribution in [1.82, 2.24) is 15.2 Å². The highest BCUT2D eigenvalue weighted by atomic mass is 32.1. The number of hydrogen-bond acceptors (Lipinski definition) is 5. The van der Waals surface area contributed by atoms with Crippen molar-refractivity contribution < 1.29 is 9.59 Å². The molecule has 3 aromatic rings. The molecule has 23 heavy (non-hydrogen) atoms.